The van der Waals surface area contributed by atoms with E-state index >= 15 is 0 Å². The van der Waals surface area contributed by atoms with Crippen molar-refractivity contribution in [3.05, 3.63) is 47.9 Å². The molecule has 0 saturated carbocycles. The van der Waals surface area contributed by atoms with Crippen LogP contribution in [0.1, 0.15) is 50.9 Å². The highest BCUT2D eigenvalue weighted by molar-refractivity contribution is 5.80. The van der Waals surface area contributed by atoms with E-state index in [1.165, 1.54) is 0 Å². The van der Waals surface area contributed by atoms with Gasteiger partial charge in [-0.3, -0.25) is 0 Å². The minimum atomic E-state index is -0.500. The zero-order valence-electron chi connectivity index (χ0n) is 18.9. The molecule has 0 radical (unpaired) electrons. The van der Waals surface area contributed by atoms with Crippen LogP contribution in [-0.2, 0) is 4.74 Å². The van der Waals surface area contributed by atoms with Crippen LogP contribution in [0.5, 0.6) is 5.75 Å². The zero-order chi connectivity index (χ0) is 22.2. The van der Waals surface area contributed by atoms with Gasteiger partial charge in [-0.2, -0.15) is 5.10 Å². The Morgan fingerprint density at radius 2 is 1.90 bits per heavy atom. The molecule has 0 spiro atoms. The lowest BCUT2D eigenvalue weighted by molar-refractivity contribution is 0.0196. The van der Waals surface area contributed by atoms with Gasteiger partial charge in [0.05, 0.1) is 18.5 Å². The highest BCUT2D eigenvalue weighted by Crippen LogP contribution is 2.33. The van der Waals surface area contributed by atoms with E-state index in [0.717, 1.165) is 53.3 Å². The van der Waals surface area contributed by atoms with Gasteiger partial charge in [0, 0.05) is 30.8 Å². The fourth-order valence-electron chi connectivity index (χ4n) is 4.18. The smallest absolute Gasteiger partial charge is 0.410 e. The average molecular weight is 423 g/mol. The molecule has 164 valence electrons. The van der Waals surface area contributed by atoms with Crippen LogP contribution in [0.25, 0.3) is 16.8 Å². The molecule has 0 bridgehead atoms. The van der Waals surface area contributed by atoms with Gasteiger partial charge in [0.1, 0.15) is 11.4 Å². The first kappa shape index (κ1) is 21.2. The number of aromatic nitrogens is 3. The summed E-state index contributed by atoms with van der Waals surface area (Å²) in [6, 6.07) is 9.97. The molecule has 7 heteroatoms. The van der Waals surface area contributed by atoms with E-state index in [0.29, 0.717) is 6.54 Å². The number of hydrogen-bond donors (Lipinski definition) is 0. The normalized spacial score (nSPS) is 17.1. The third-order valence-corrected chi connectivity index (χ3v) is 5.59. The molecule has 4 rings (SSSR count). The Hall–Kier alpha value is -3.09. The molecular weight excluding hydrogens is 392 g/mol. The van der Waals surface area contributed by atoms with Crippen molar-refractivity contribution in [3.8, 4) is 16.9 Å². The van der Waals surface area contributed by atoms with Crippen LogP contribution in [0.15, 0.2) is 36.5 Å². The Balaban J connectivity index is 1.66. The maximum Gasteiger partial charge on any atom is 0.410 e. The summed E-state index contributed by atoms with van der Waals surface area (Å²) < 4.78 is 12.8. The number of nitrogens with zero attached hydrogens (tertiary/aromatic N) is 4. The topological polar surface area (TPSA) is 69.0 Å². The van der Waals surface area contributed by atoms with Crippen LogP contribution >= 0.6 is 0 Å². The van der Waals surface area contributed by atoms with Crippen LogP contribution < -0.4 is 4.74 Å². The van der Waals surface area contributed by atoms with Crippen LogP contribution in [0, 0.1) is 6.92 Å². The molecule has 2 aromatic heterocycles. The highest BCUT2D eigenvalue weighted by Gasteiger charge is 2.30. The van der Waals surface area contributed by atoms with Crippen molar-refractivity contribution in [3.63, 3.8) is 0 Å². The number of aryl methyl sites for hydroxylation is 1. The first-order chi connectivity index (χ1) is 14.8. The first-order valence-corrected chi connectivity index (χ1v) is 10.7. The summed E-state index contributed by atoms with van der Waals surface area (Å²) in [6.07, 6.45) is 3.51. The van der Waals surface area contributed by atoms with Crippen molar-refractivity contribution in [2.45, 2.75) is 52.1 Å². The summed E-state index contributed by atoms with van der Waals surface area (Å²) in [7, 11) is 1.66. The SMILES string of the molecule is COc1ccc(-c2c(C)nn3c(C4CCCN(C(=O)OC(C)(C)C)C4)ccnc23)cc1. The third kappa shape index (κ3) is 4.36. The third-order valence-electron chi connectivity index (χ3n) is 5.59. The van der Waals surface area contributed by atoms with E-state index in [2.05, 4.69) is 4.98 Å². The van der Waals surface area contributed by atoms with E-state index < -0.39 is 5.60 Å². The van der Waals surface area contributed by atoms with Gasteiger partial charge in [-0.25, -0.2) is 14.3 Å². The summed E-state index contributed by atoms with van der Waals surface area (Å²) in [4.78, 5) is 19.1. The monoisotopic (exact) mass is 422 g/mol. The second kappa shape index (κ2) is 8.21. The molecule has 1 aliphatic rings. The predicted molar refractivity (Wildman–Crippen MR) is 119 cm³/mol. The van der Waals surface area contributed by atoms with Crippen molar-refractivity contribution >= 4 is 11.7 Å². The lowest BCUT2D eigenvalue weighted by Gasteiger charge is -2.34. The zero-order valence-corrected chi connectivity index (χ0v) is 18.9. The Morgan fingerprint density at radius 3 is 2.58 bits per heavy atom. The fourth-order valence-corrected chi connectivity index (χ4v) is 4.18. The second-order valence-corrected chi connectivity index (χ2v) is 9.06. The largest absolute Gasteiger partial charge is 0.497 e. The Labute approximate surface area is 183 Å². The van der Waals surface area contributed by atoms with Gasteiger partial charge in [-0.05, 0) is 64.3 Å². The molecule has 1 unspecified atom stereocenters. The van der Waals surface area contributed by atoms with Crippen LogP contribution in [0.4, 0.5) is 4.79 Å². The molecule has 0 aliphatic carbocycles. The Kier molecular flexibility index (Phi) is 5.60. The summed E-state index contributed by atoms with van der Waals surface area (Å²) in [5.74, 6) is 0.991. The summed E-state index contributed by atoms with van der Waals surface area (Å²) >= 11 is 0. The molecule has 0 N–H and O–H groups in total. The number of ether oxygens (including phenoxy) is 2. The standard InChI is InChI=1S/C24H30N4O3/c1-16-21(17-8-10-19(30-5)11-9-17)22-25-13-12-20(28(22)26-16)18-7-6-14-27(15-18)23(29)31-24(2,3)4/h8-13,18H,6-7,14-15H2,1-5H3. The molecule has 1 fully saturated rings. The lowest BCUT2D eigenvalue weighted by Crippen LogP contribution is -2.42. The number of amides is 1. The molecule has 1 atom stereocenters. The maximum absolute atomic E-state index is 12.6. The van der Waals surface area contributed by atoms with Crippen molar-refractivity contribution in [2.24, 2.45) is 0 Å². The average Bonchev–Trinajstić information content (AvgIpc) is 3.08. The molecule has 1 aromatic carbocycles. The molecule has 1 aliphatic heterocycles. The van der Waals surface area contributed by atoms with Gasteiger partial charge in [0.2, 0.25) is 0 Å². The molecule has 1 amide bonds. The van der Waals surface area contributed by atoms with Gasteiger partial charge >= 0.3 is 6.09 Å². The number of carbonyl (C=O) groups is 1. The van der Waals surface area contributed by atoms with E-state index in [9.17, 15) is 4.79 Å². The minimum absolute atomic E-state index is 0.176. The molecule has 3 aromatic rings. The summed E-state index contributed by atoms with van der Waals surface area (Å²) in [5.41, 5.74) is 4.39. The number of piperidine rings is 1. The van der Waals surface area contributed by atoms with Gasteiger partial charge in [-0.1, -0.05) is 12.1 Å². The number of benzene rings is 1. The van der Waals surface area contributed by atoms with Gasteiger partial charge < -0.3 is 14.4 Å². The summed E-state index contributed by atoms with van der Waals surface area (Å²) in [5, 5.41) is 4.82. The number of methoxy groups -OCH3 is 1. The Bertz CT molecular complexity index is 1080. The van der Waals surface area contributed by atoms with Crippen LogP contribution in [-0.4, -0.2) is 51.4 Å². The van der Waals surface area contributed by atoms with E-state index in [-0.39, 0.29) is 12.0 Å². The van der Waals surface area contributed by atoms with E-state index in [1.54, 1.807) is 7.11 Å². The number of carbonyl (C=O) groups excluding carboxylic acids is 1. The number of likely N-dealkylation sites (tertiary alicyclic amines) is 1. The maximum atomic E-state index is 12.6. The second-order valence-electron chi connectivity index (χ2n) is 9.06. The van der Waals surface area contributed by atoms with Gasteiger partial charge in [0.25, 0.3) is 0 Å². The highest BCUT2D eigenvalue weighted by atomic mass is 16.6. The first-order valence-electron chi connectivity index (χ1n) is 10.7. The Morgan fingerprint density at radius 1 is 1.16 bits per heavy atom. The summed E-state index contributed by atoms with van der Waals surface area (Å²) in [6.45, 7) is 9.02. The van der Waals surface area contributed by atoms with Crippen LogP contribution in [0.2, 0.25) is 0 Å². The van der Waals surface area contributed by atoms with Crippen molar-refractivity contribution in [1.82, 2.24) is 19.5 Å². The number of fused-ring (bicyclic) bond motifs is 1. The fraction of sp³-hybridized carbons (Fsp3) is 0.458. The van der Waals surface area contributed by atoms with Gasteiger partial charge in [-0.15, -0.1) is 0 Å². The quantitative estimate of drug-likeness (QED) is 0.605. The van der Waals surface area contributed by atoms with Crippen molar-refractivity contribution in [1.29, 1.82) is 0 Å². The molecule has 3 heterocycles. The van der Waals surface area contributed by atoms with Gasteiger partial charge in [0.15, 0.2) is 5.65 Å². The van der Waals surface area contributed by atoms with Crippen molar-refractivity contribution < 1.29 is 14.3 Å². The molecular formula is C24H30N4O3. The number of rotatable bonds is 3. The van der Waals surface area contributed by atoms with Crippen LogP contribution in [0.3, 0.4) is 0 Å². The van der Waals surface area contributed by atoms with Crippen molar-refractivity contribution in [2.75, 3.05) is 20.2 Å². The molecule has 31 heavy (non-hydrogen) atoms. The minimum Gasteiger partial charge on any atom is -0.497 e. The molecule has 7 nitrogen and oxygen atoms in total. The predicted octanol–water partition coefficient (Wildman–Crippen LogP) is 4.83. The van der Waals surface area contributed by atoms with E-state index in [4.69, 9.17) is 14.6 Å². The lowest BCUT2D eigenvalue weighted by atomic mass is 9.94. The number of hydrogen-bond acceptors (Lipinski definition) is 5. The molecule has 1 saturated heterocycles. The van der Waals surface area contributed by atoms with E-state index in [1.807, 2.05) is 73.6 Å².